The molecule has 1 aromatic carbocycles. The molecular weight excluding hydrogens is 275 g/mol. The molecule has 116 valence electrons. The first-order chi connectivity index (χ1) is 10.5. The summed E-state index contributed by atoms with van der Waals surface area (Å²) in [5, 5.41) is 3.27. The second kappa shape index (κ2) is 7.12. The fourth-order valence-electron chi connectivity index (χ4n) is 2.24. The zero-order chi connectivity index (χ0) is 16.1. The molecule has 0 bridgehead atoms. The molecule has 0 aliphatic heterocycles. The SMILES string of the molecule is C=C(NC(C)=C1CCC1)/C(N)=C\C=C(/C)c1ccc(F)cc1. The number of rotatable bonds is 5. The first-order valence-corrected chi connectivity index (χ1v) is 7.52. The number of benzene rings is 1. The Kier molecular flexibility index (Phi) is 5.21. The topological polar surface area (TPSA) is 38.0 Å². The standard InChI is InChI=1S/C19H23FN2/c1-13(16-8-10-18(20)11-9-16)7-12-19(21)15(3)22-14(2)17-5-4-6-17/h7-12,22H,3-6,21H2,1-2H3/b13-7+,19-12+. The zero-order valence-electron chi connectivity index (χ0n) is 13.2. The molecule has 2 rings (SSSR count). The van der Waals surface area contributed by atoms with Crippen molar-refractivity contribution >= 4 is 5.57 Å². The third-order valence-corrected chi connectivity index (χ3v) is 3.99. The van der Waals surface area contributed by atoms with Crippen LogP contribution in [0, 0.1) is 5.82 Å². The van der Waals surface area contributed by atoms with E-state index in [0.717, 1.165) is 16.8 Å². The highest BCUT2D eigenvalue weighted by molar-refractivity contribution is 5.65. The largest absolute Gasteiger partial charge is 0.397 e. The summed E-state index contributed by atoms with van der Waals surface area (Å²) in [5.41, 5.74) is 12.0. The van der Waals surface area contributed by atoms with Crippen LogP contribution in [-0.4, -0.2) is 0 Å². The van der Waals surface area contributed by atoms with E-state index in [0.29, 0.717) is 11.4 Å². The molecule has 0 unspecified atom stereocenters. The fourth-order valence-corrected chi connectivity index (χ4v) is 2.24. The van der Waals surface area contributed by atoms with E-state index < -0.39 is 0 Å². The Labute approximate surface area is 131 Å². The van der Waals surface area contributed by atoms with Crippen molar-refractivity contribution in [1.29, 1.82) is 0 Å². The molecule has 22 heavy (non-hydrogen) atoms. The van der Waals surface area contributed by atoms with Crippen LogP contribution < -0.4 is 11.1 Å². The lowest BCUT2D eigenvalue weighted by atomic mass is 9.91. The Morgan fingerprint density at radius 2 is 1.82 bits per heavy atom. The van der Waals surface area contributed by atoms with Gasteiger partial charge in [0.25, 0.3) is 0 Å². The van der Waals surface area contributed by atoms with Gasteiger partial charge in [-0.2, -0.15) is 0 Å². The van der Waals surface area contributed by atoms with Crippen LogP contribution in [0.3, 0.4) is 0 Å². The van der Waals surface area contributed by atoms with E-state index in [1.807, 2.05) is 19.1 Å². The summed E-state index contributed by atoms with van der Waals surface area (Å²) in [6.07, 6.45) is 7.35. The number of allylic oxidation sites excluding steroid dienone is 5. The summed E-state index contributed by atoms with van der Waals surface area (Å²) < 4.78 is 12.9. The second-order valence-electron chi connectivity index (χ2n) is 5.66. The van der Waals surface area contributed by atoms with Gasteiger partial charge in [0.05, 0.1) is 11.4 Å². The summed E-state index contributed by atoms with van der Waals surface area (Å²) in [6, 6.07) is 6.41. The molecule has 1 saturated carbocycles. The van der Waals surface area contributed by atoms with Gasteiger partial charge in [-0.15, -0.1) is 0 Å². The Hall–Kier alpha value is -2.29. The normalized spacial score (nSPS) is 15.3. The van der Waals surface area contributed by atoms with E-state index in [-0.39, 0.29) is 5.82 Å². The van der Waals surface area contributed by atoms with E-state index >= 15 is 0 Å². The highest BCUT2D eigenvalue weighted by Crippen LogP contribution is 2.27. The van der Waals surface area contributed by atoms with Crippen molar-refractivity contribution in [2.45, 2.75) is 33.1 Å². The minimum absolute atomic E-state index is 0.233. The van der Waals surface area contributed by atoms with E-state index in [9.17, 15) is 4.39 Å². The fraction of sp³-hybridized carbons (Fsp3) is 0.263. The van der Waals surface area contributed by atoms with E-state index in [2.05, 4.69) is 18.8 Å². The van der Waals surface area contributed by atoms with Crippen LogP contribution in [0.25, 0.3) is 5.57 Å². The smallest absolute Gasteiger partial charge is 0.123 e. The Bertz CT molecular complexity index is 643. The van der Waals surface area contributed by atoms with Gasteiger partial charge in [-0.25, -0.2) is 4.39 Å². The highest BCUT2D eigenvalue weighted by Gasteiger charge is 2.12. The number of nitrogens with two attached hydrogens (primary N) is 1. The first kappa shape index (κ1) is 16.1. The van der Waals surface area contributed by atoms with Crippen LogP contribution in [-0.2, 0) is 0 Å². The summed E-state index contributed by atoms with van der Waals surface area (Å²) in [4.78, 5) is 0. The molecular formula is C19H23FN2. The lowest BCUT2D eigenvalue weighted by molar-refractivity contribution is 0.627. The molecule has 0 aromatic heterocycles. The van der Waals surface area contributed by atoms with Crippen molar-refractivity contribution in [3.05, 3.63) is 77.0 Å². The van der Waals surface area contributed by atoms with Crippen molar-refractivity contribution in [2.24, 2.45) is 5.73 Å². The molecule has 1 aliphatic rings. The monoisotopic (exact) mass is 298 g/mol. The summed E-state index contributed by atoms with van der Waals surface area (Å²) in [5.74, 6) is -0.233. The minimum atomic E-state index is -0.233. The third-order valence-electron chi connectivity index (χ3n) is 3.99. The summed E-state index contributed by atoms with van der Waals surface area (Å²) in [6.45, 7) is 8.01. The summed E-state index contributed by atoms with van der Waals surface area (Å²) in [7, 11) is 0. The average Bonchev–Trinajstić information content (AvgIpc) is 2.43. The van der Waals surface area contributed by atoms with Crippen LogP contribution in [0.15, 0.2) is 65.7 Å². The maximum atomic E-state index is 12.9. The van der Waals surface area contributed by atoms with Crippen LogP contribution in [0.1, 0.15) is 38.7 Å². The predicted octanol–water partition coefficient (Wildman–Crippen LogP) is 4.63. The maximum Gasteiger partial charge on any atom is 0.123 e. The Morgan fingerprint density at radius 3 is 2.36 bits per heavy atom. The van der Waals surface area contributed by atoms with Crippen molar-refractivity contribution in [1.82, 2.24) is 5.32 Å². The van der Waals surface area contributed by atoms with Crippen molar-refractivity contribution in [3.8, 4) is 0 Å². The highest BCUT2D eigenvalue weighted by atomic mass is 19.1. The molecule has 1 fully saturated rings. The van der Waals surface area contributed by atoms with Crippen LogP contribution in [0.4, 0.5) is 4.39 Å². The Morgan fingerprint density at radius 1 is 1.18 bits per heavy atom. The van der Waals surface area contributed by atoms with Crippen LogP contribution in [0.2, 0.25) is 0 Å². The van der Waals surface area contributed by atoms with Gasteiger partial charge in [0, 0.05) is 5.70 Å². The molecule has 0 saturated heterocycles. The van der Waals surface area contributed by atoms with Crippen molar-refractivity contribution < 1.29 is 4.39 Å². The lowest BCUT2D eigenvalue weighted by Gasteiger charge is -2.21. The zero-order valence-corrected chi connectivity index (χ0v) is 13.2. The van der Waals surface area contributed by atoms with E-state index in [1.54, 1.807) is 12.1 Å². The molecule has 0 radical (unpaired) electrons. The van der Waals surface area contributed by atoms with Gasteiger partial charge >= 0.3 is 0 Å². The minimum Gasteiger partial charge on any atom is -0.397 e. The number of nitrogens with one attached hydrogen (secondary N) is 1. The molecule has 2 nitrogen and oxygen atoms in total. The average molecular weight is 298 g/mol. The lowest BCUT2D eigenvalue weighted by Crippen LogP contribution is -2.19. The molecule has 0 atom stereocenters. The number of halogens is 1. The number of hydrogen-bond donors (Lipinski definition) is 2. The quantitative estimate of drug-likeness (QED) is 0.778. The predicted molar refractivity (Wildman–Crippen MR) is 91.1 cm³/mol. The third kappa shape index (κ3) is 4.10. The second-order valence-corrected chi connectivity index (χ2v) is 5.66. The van der Waals surface area contributed by atoms with Crippen molar-refractivity contribution in [2.75, 3.05) is 0 Å². The molecule has 1 aromatic rings. The summed E-state index contributed by atoms with van der Waals surface area (Å²) >= 11 is 0. The maximum absolute atomic E-state index is 12.9. The molecule has 0 amide bonds. The van der Waals surface area contributed by atoms with Gasteiger partial charge in [0.2, 0.25) is 0 Å². The number of hydrogen-bond acceptors (Lipinski definition) is 2. The van der Waals surface area contributed by atoms with Crippen molar-refractivity contribution in [3.63, 3.8) is 0 Å². The molecule has 0 spiro atoms. The Balaban J connectivity index is 2.03. The van der Waals surface area contributed by atoms with Crippen LogP contribution >= 0.6 is 0 Å². The van der Waals surface area contributed by atoms with Crippen LogP contribution in [0.5, 0.6) is 0 Å². The van der Waals surface area contributed by atoms with Gasteiger partial charge < -0.3 is 11.1 Å². The van der Waals surface area contributed by atoms with Gasteiger partial charge in [0.15, 0.2) is 0 Å². The molecule has 0 heterocycles. The van der Waals surface area contributed by atoms with Gasteiger partial charge in [-0.3, -0.25) is 0 Å². The van der Waals surface area contributed by atoms with E-state index in [1.165, 1.54) is 37.0 Å². The van der Waals surface area contributed by atoms with Gasteiger partial charge in [0.1, 0.15) is 5.82 Å². The first-order valence-electron chi connectivity index (χ1n) is 7.52. The van der Waals surface area contributed by atoms with Gasteiger partial charge in [-0.05, 0) is 62.5 Å². The van der Waals surface area contributed by atoms with Gasteiger partial charge in [-0.1, -0.05) is 30.4 Å². The van der Waals surface area contributed by atoms with E-state index in [4.69, 9.17) is 5.73 Å². The molecule has 3 heteroatoms. The molecule has 3 N–H and O–H groups in total. The molecule has 1 aliphatic carbocycles.